The number of halogens is 4. The number of aromatic nitrogens is 2. The molecule has 0 unspecified atom stereocenters. The lowest BCUT2D eigenvalue weighted by Gasteiger charge is -2.10. The maximum Gasteiger partial charge on any atom is 0.416 e. The van der Waals surface area contributed by atoms with Crippen molar-refractivity contribution in [3.8, 4) is 0 Å². The van der Waals surface area contributed by atoms with Crippen LogP contribution in [0.5, 0.6) is 0 Å². The lowest BCUT2D eigenvalue weighted by Crippen LogP contribution is -2.15. The summed E-state index contributed by atoms with van der Waals surface area (Å²) in [5.74, 6) is -1.08. The molecule has 0 fully saturated rings. The number of para-hydroxylation sites is 1. The normalized spacial score (nSPS) is 11.1. The summed E-state index contributed by atoms with van der Waals surface area (Å²) in [5, 5.41) is 5.05. The van der Waals surface area contributed by atoms with Crippen molar-refractivity contribution in [3.63, 3.8) is 0 Å². The van der Waals surface area contributed by atoms with Crippen molar-refractivity contribution in [3.05, 3.63) is 78.0 Å². The Kier molecular flexibility index (Phi) is 5.02. The number of anilines is 3. The summed E-state index contributed by atoms with van der Waals surface area (Å²) < 4.78 is 51.9. The molecule has 0 spiro atoms. The van der Waals surface area contributed by atoms with Crippen molar-refractivity contribution in [2.45, 2.75) is 6.18 Å². The molecule has 0 bridgehead atoms. The molecule has 3 rings (SSSR count). The minimum atomic E-state index is -4.52. The quantitative estimate of drug-likeness (QED) is 0.652. The average molecular weight is 376 g/mol. The lowest BCUT2D eigenvalue weighted by atomic mass is 10.2. The fourth-order valence-corrected chi connectivity index (χ4v) is 2.22. The van der Waals surface area contributed by atoms with Crippen LogP contribution < -0.4 is 10.6 Å². The van der Waals surface area contributed by atoms with Crippen molar-refractivity contribution < 1.29 is 22.4 Å². The molecule has 0 aliphatic heterocycles. The van der Waals surface area contributed by atoms with Crippen molar-refractivity contribution >= 4 is 23.1 Å². The van der Waals surface area contributed by atoms with Crippen molar-refractivity contribution in [1.29, 1.82) is 0 Å². The van der Waals surface area contributed by atoms with Gasteiger partial charge < -0.3 is 10.6 Å². The van der Waals surface area contributed by atoms with E-state index in [2.05, 4.69) is 20.6 Å². The molecule has 0 radical (unpaired) electrons. The van der Waals surface area contributed by atoms with Gasteiger partial charge in [-0.2, -0.15) is 13.2 Å². The van der Waals surface area contributed by atoms with E-state index in [1.165, 1.54) is 36.4 Å². The first-order chi connectivity index (χ1) is 12.8. The van der Waals surface area contributed by atoms with Gasteiger partial charge in [0.15, 0.2) is 0 Å². The number of nitrogens with one attached hydrogen (secondary N) is 2. The number of nitrogens with zero attached hydrogens (tertiary/aromatic N) is 2. The highest BCUT2D eigenvalue weighted by Gasteiger charge is 2.30. The molecule has 5 nitrogen and oxygen atoms in total. The molecular formula is C18H12F4N4O. The molecule has 2 N–H and O–H groups in total. The molecule has 2 aromatic carbocycles. The van der Waals surface area contributed by atoms with E-state index in [1.54, 1.807) is 6.07 Å². The van der Waals surface area contributed by atoms with Gasteiger partial charge in [0.25, 0.3) is 5.91 Å². The zero-order chi connectivity index (χ0) is 19.4. The second kappa shape index (κ2) is 7.40. The van der Waals surface area contributed by atoms with Gasteiger partial charge in [-0.15, -0.1) is 0 Å². The van der Waals surface area contributed by atoms with E-state index in [9.17, 15) is 22.4 Å². The summed E-state index contributed by atoms with van der Waals surface area (Å²) >= 11 is 0. The predicted molar refractivity (Wildman–Crippen MR) is 91.1 cm³/mol. The van der Waals surface area contributed by atoms with E-state index >= 15 is 0 Å². The zero-order valence-corrected chi connectivity index (χ0v) is 13.6. The first kappa shape index (κ1) is 18.3. The molecule has 138 valence electrons. The summed E-state index contributed by atoms with van der Waals surface area (Å²) in [6, 6.07) is 11.4. The zero-order valence-electron chi connectivity index (χ0n) is 13.6. The Labute approximate surface area is 151 Å². The highest BCUT2D eigenvalue weighted by molar-refractivity contribution is 6.03. The van der Waals surface area contributed by atoms with Crippen LogP contribution in [0.15, 0.2) is 60.9 Å². The van der Waals surface area contributed by atoms with E-state index in [0.717, 1.165) is 18.5 Å². The molecule has 0 aliphatic rings. The molecule has 27 heavy (non-hydrogen) atoms. The fourth-order valence-electron chi connectivity index (χ4n) is 2.22. The molecule has 0 aliphatic carbocycles. The smallest absolute Gasteiger partial charge is 0.338 e. The van der Waals surface area contributed by atoms with Crippen molar-refractivity contribution in [2.24, 2.45) is 0 Å². The topological polar surface area (TPSA) is 66.9 Å². The predicted octanol–water partition coefficient (Wildman–Crippen LogP) is 4.63. The minimum Gasteiger partial charge on any atom is -0.338 e. The highest BCUT2D eigenvalue weighted by atomic mass is 19.4. The van der Waals surface area contributed by atoms with Crippen LogP contribution in [-0.2, 0) is 6.18 Å². The number of amides is 1. The van der Waals surface area contributed by atoms with Crippen LogP contribution in [0.1, 0.15) is 16.1 Å². The molecular weight excluding hydrogens is 364 g/mol. The van der Waals surface area contributed by atoms with E-state index in [1.807, 2.05) is 0 Å². The molecule has 1 heterocycles. The third-order valence-electron chi connectivity index (χ3n) is 3.48. The van der Waals surface area contributed by atoms with E-state index < -0.39 is 23.5 Å². The summed E-state index contributed by atoms with van der Waals surface area (Å²) in [6.45, 7) is 0. The molecule has 1 aromatic heterocycles. The average Bonchev–Trinajstić information content (AvgIpc) is 2.63. The van der Waals surface area contributed by atoms with Gasteiger partial charge in [0.1, 0.15) is 23.7 Å². The first-order valence-electron chi connectivity index (χ1n) is 7.65. The molecule has 9 heteroatoms. The number of benzene rings is 2. The minimum absolute atomic E-state index is 0.0305. The number of hydrogen-bond acceptors (Lipinski definition) is 4. The SMILES string of the molecule is O=C(Nc1cccc(C(F)(F)F)c1)c1cc(Nc2ccccc2F)ncn1. The Morgan fingerprint density at radius 2 is 1.74 bits per heavy atom. The third kappa shape index (κ3) is 4.57. The van der Waals surface area contributed by atoms with Crippen molar-refractivity contribution in [2.75, 3.05) is 10.6 Å². The van der Waals surface area contributed by atoms with Gasteiger partial charge in [-0.3, -0.25) is 4.79 Å². The van der Waals surface area contributed by atoms with Gasteiger partial charge in [-0.05, 0) is 30.3 Å². The standard InChI is InChI=1S/C18H12F4N4O/c19-13-6-1-2-7-14(13)26-16-9-15(23-10-24-16)17(27)25-12-5-3-4-11(8-12)18(20,21)22/h1-10H,(H,25,27)(H,23,24,26). The second-order valence-corrected chi connectivity index (χ2v) is 5.43. The van der Waals surface area contributed by atoms with Gasteiger partial charge in [0.05, 0.1) is 11.3 Å². The largest absolute Gasteiger partial charge is 0.416 e. The van der Waals surface area contributed by atoms with E-state index in [4.69, 9.17) is 0 Å². The Morgan fingerprint density at radius 3 is 2.48 bits per heavy atom. The van der Waals surface area contributed by atoms with Gasteiger partial charge in [0, 0.05) is 11.8 Å². The summed E-state index contributed by atoms with van der Waals surface area (Å²) in [7, 11) is 0. The van der Waals surface area contributed by atoms with Crippen LogP contribution >= 0.6 is 0 Å². The first-order valence-corrected chi connectivity index (χ1v) is 7.65. The molecule has 0 atom stereocenters. The number of rotatable bonds is 4. The van der Waals surface area contributed by atoms with E-state index in [0.29, 0.717) is 0 Å². The Bertz CT molecular complexity index is 975. The van der Waals surface area contributed by atoms with Gasteiger partial charge in [-0.1, -0.05) is 18.2 Å². The summed E-state index contributed by atoms with van der Waals surface area (Å²) in [6.07, 6.45) is -3.43. The van der Waals surface area contributed by atoms with Crippen LogP contribution in [0.3, 0.4) is 0 Å². The number of carbonyl (C=O) groups excluding carboxylic acids is 1. The lowest BCUT2D eigenvalue weighted by molar-refractivity contribution is -0.137. The summed E-state index contributed by atoms with van der Waals surface area (Å²) in [5.41, 5.74) is -0.858. The van der Waals surface area contributed by atoms with Gasteiger partial charge >= 0.3 is 6.18 Å². The van der Waals surface area contributed by atoms with Gasteiger partial charge in [0.2, 0.25) is 0 Å². The molecule has 0 saturated carbocycles. The van der Waals surface area contributed by atoms with Crippen LogP contribution in [-0.4, -0.2) is 15.9 Å². The Morgan fingerprint density at radius 1 is 0.963 bits per heavy atom. The Balaban J connectivity index is 1.77. The van der Waals surface area contributed by atoms with Crippen LogP contribution in [0.4, 0.5) is 34.8 Å². The summed E-state index contributed by atoms with van der Waals surface area (Å²) in [4.78, 5) is 19.9. The molecule has 0 saturated heterocycles. The van der Waals surface area contributed by atoms with Crippen LogP contribution in [0.25, 0.3) is 0 Å². The number of hydrogen-bond donors (Lipinski definition) is 2. The highest BCUT2D eigenvalue weighted by Crippen LogP contribution is 2.30. The maximum absolute atomic E-state index is 13.7. The third-order valence-corrected chi connectivity index (χ3v) is 3.48. The second-order valence-electron chi connectivity index (χ2n) is 5.43. The molecule has 1 amide bonds. The van der Waals surface area contributed by atoms with Crippen LogP contribution in [0, 0.1) is 5.82 Å². The number of alkyl halides is 3. The maximum atomic E-state index is 13.7. The number of carbonyl (C=O) groups is 1. The fraction of sp³-hybridized carbons (Fsp3) is 0.0556. The van der Waals surface area contributed by atoms with Gasteiger partial charge in [-0.25, -0.2) is 14.4 Å². The van der Waals surface area contributed by atoms with Crippen molar-refractivity contribution in [1.82, 2.24) is 9.97 Å². The van der Waals surface area contributed by atoms with Crippen LogP contribution in [0.2, 0.25) is 0 Å². The van der Waals surface area contributed by atoms with E-state index in [-0.39, 0.29) is 22.9 Å². The molecule has 3 aromatic rings. The monoisotopic (exact) mass is 376 g/mol. The Hall–Kier alpha value is -3.49.